The zero-order valence-corrected chi connectivity index (χ0v) is 13.9. The van der Waals surface area contributed by atoms with Crippen LogP contribution in [0.25, 0.3) is 0 Å². The van der Waals surface area contributed by atoms with Crippen molar-refractivity contribution in [3.63, 3.8) is 0 Å². The highest BCUT2D eigenvalue weighted by Crippen LogP contribution is 2.12. The molecule has 1 fully saturated rings. The van der Waals surface area contributed by atoms with Crippen LogP contribution in [0.3, 0.4) is 0 Å². The van der Waals surface area contributed by atoms with Crippen LogP contribution in [-0.2, 0) is 29.7 Å². The number of hydrogen-bond acceptors (Lipinski definition) is 4. The molecule has 1 amide bonds. The fourth-order valence-corrected chi connectivity index (χ4v) is 2.73. The smallest absolute Gasteiger partial charge is 0.269 e. The zero-order valence-electron chi connectivity index (χ0n) is 13.9. The van der Waals surface area contributed by atoms with Crippen molar-refractivity contribution in [1.29, 1.82) is 0 Å². The molecule has 1 aliphatic heterocycles. The summed E-state index contributed by atoms with van der Waals surface area (Å²) in [6, 6.07) is 11.8. The molecule has 128 valence electrons. The Morgan fingerprint density at radius 3 is 2.96 bits per heavy atom. The average Bonchev–Trinajstić information content (AvgIpc) is 3.23. The summed E-state index contributed by atoms with van der Waals surface area (Å²) in [6.07, 6.45) is 1.00. The number of ether oxygens (including phenoxy) is 2. The van der Waals surface area contributed by atoms with E-state index in [0.29, 0.717) is 31.4 Å². The van der Waals surface area contributed by atoms with Gasteiger partial charge in [-0.1, -0.05) is 30.3 Å². The van der Waals surface area contributed by atoms with Crippen LogP contribution in [0.4, 0.5) is 0 Å². The number of benzene rings is 1. The van der Waals surface area contributed by atoms with E-state index >= 15 is 0 Å². The predicted octanol–water partition coefficient (Wildman–Crippen LogP) is 1.90. The Balaban J connectivity index is 1.49. The maximum atomic E-state index is 12.3. The van der Waals surface area contributed by atoms with Crippen molar-refractivity contribution in [3.8, 4) is 0 Å². The first-order valence-electron chi connectivity index (χ1n) is 8.23. The van der Waals surface area contributed by atoms with Crippen molar-refractivity contribution >= 4 is 5.91 Å². The van der Waals surface area contributed by atoms with Crippen LogP contribution >= 0.6 is 0 Å². The molecule has 6 nitrogen and oxygen atoms in total. The van der Waals surface area contributed by atoms with Crippen LogP contribution in [0, 0.1) is 5.92 Å². The van der Waals surface area contributed by atoms with E-state index in [9.17, 15) is 4.79 Å². The molecular formula is C18H23N3O3. The Morgan fingerprint density at radius 2 is 2.21 bits per heavy atom. The van der Waals surface area contributed by atoms with E-state index < -0.39 is 0 Å². The molecule has 6 heteroatoms. The molecule has 2 aromatic rings. The minimum absolute atomic E-state index is 0.105. The molecule has 0 spiro atoms. The van der Waals surface area contributed by atoms with Crippen LogP contribution in [0.5, 0.6) is 0 Å². The Labute approximate surface area is 141 Å². The first-order valence-corrected chi connectivity index (χ1v) is 8.23. The number of aryl methyl sites for hydroxylation is 1. The topological polar surface area (TPSA) is 65.4 Å². The maximum absolute atomic E-state index is 12.3. The summed E-state index contributed by atoms with van der Waals surface area (Å²) < 4.78 is 12.6. The molecule has 1 saturated heterocycles. The third-order valence-corrected chi connectivity index (χ3v) is 4.10. The van der Waals surface area contributed by atoms with Crippen LogP contribution in [0.1, 0.15) is 28.2 Å². The predicted molar refractivity (Wildman–Crippen MR) is 89.4 cm³/mol. The molecule has 2 heterocycles. The highest BCUT2D eigenvalue weighted by Gasteiger charge is 2.18. The van der Waals surface area contributed by atoms with Gasteiger partial charge in [-0.15, -0.1) is 0 Å². The van der Waals surface area contributed by atoms with Crippen molar-refractivity contribution in [1.82, 2.24) is 15.1 Å². The van der Waals surface area contributed by atoms with Gasteiger partial charge in [-0.25, -0.2) is 0 Å². The molecule has 1 aromatic heterocycles. The molecular weight excluding hydrogens is 306 g/mol. The SMILES string of the molecule is Cn1nc(COCc2ccccc2)cc1C(=O)NCC1CCOC1. The minimum atomic E-state index is -0.105. The number of nitrogens with one attached hydrogen (secondary N) is 1. The lowest BCUT2D eigenvalue weighted by atomic mass is 10.1. The fraction of sp³-hybridized carbons (Fsp3) is 0.444. The van der Waals surface area contributed by atoms with E-state index in [1.807, 2.05) is 30.3 Å². The van der Waals surface area contributed by atoms with Crippen LogP contribution in [0.15, 0.2) is 36.4 Å². The summed E-state index contributed by atoms with van der Waals surface area (Å²) >= 11 is 0. The van der Waals surface area contributed by atoms with Gasteiger partial charge in [-0.3, -0.25) is 9.48 Å². The lowest BCUT2D eigenvalue weighted by Gasteiger charge is -2.09. The zero-order chi connectivity index (χ0) is 16.8. The molecule has 1 atom stereocenters. The second-order valence-electron chi connectivity index (χ2n) is 6.06. The number of nitrogens with zero attached hydrogens (tertiary/aromatic N) is 2. The summed E-state index contributed by atoms with van der Waals surface area (Å²) in [5.41, 5.74) is 2.42. The van der Waals surface area contributed by atoms with Gasteiger partial charge in [-0.05, 0) is 18.1 Å². The van der Waals surface area contributed by atoms with Crippen molar-refractivity contribution < 1.29 is 14.3 Å². The number of carbonyl (C=O) groups is 1. The van der Waals surface area contributed by atoms with Crippen molar-refractivity contribution in [3.05, 3.63) is 53.3 Å². The van der Waals surface area contributed by atoms with Gasteiger partial charge in [0.15, 0.2) is 0 Å². The van der Waals surface area contributed by atoms with Gasteiger partial charge in [0.2, 0.25) is 0 Å². The number of hydrogen-bond donors (Lipinski definition) is 1. The summed E-state index contributed by atoms with van der Waals surface area (Å²) in [6.45, 7) is 3.07. The van der Waals surface area contributed by atoms with Gasteiger partial charge in [0, 0.05) is 26.1 Å². The molecule has 1 aromatic carbocycles. The van der Waals surface area contributed by atoms with Gasteiger partial charge in [-0.2, -0.15) is 5.10 Å². The maximum Gasteiger partial charge on any atom is 0.269 e. The molecule has 0 bridgehead atoms. The van der Waals surface area contributed by atoms with E-state index in [4.69, 9.17) is 9.47 Å². The summed E-state index contributed by atoms with van der Waals surface area (Å²) in [7, 11) is 1.77. The fourth-order valence-electron chi connectivity index (χ4n) is 2.73. The lowest BCUT2D eigenvalue weighted by Crippen LogP contribution is -2.30. The summed E-state index contributed by atoms with van der Waals surface area (Å²) in [5.74, 6) is 0.307. The van der Waals surface area contributed by atoms with Crippen molar-refractivity contribution in [2.24, 2.45) is 13.0 Å². The molecule has 1 N–H and O–H groups in total. The Morgan fingerprint density at radius 1 is 1.38 bits per heavy atom. The van der Waals surface area contributed by atoms with E-state index in [1.165, 1.54) is 0 Å². The van der Waals surface area contributed by atoms with Crippen molar-refractivity contribution in [2.75, 3.05) is 19.8 Å². The van der Waals surface area contributed by atoms with E-state index in [2.05, 4.69) is 10.4 Å². The van der Waals surface area contributed by atoms with E-state index in [-0.39, 0.29) is 5.91 Å². The van der Waals surface area contributed by atoms with Gasteiger partial charge in [0.1, 0.15) is 5.69 Å². The van der Waals surface area contributed by atoms with E-state index in [0.717, 1.165) is 30.9 Å². The van der Waals surface area contributed by atoms with E-state index in [1.54, 1.807) is 17.8 Å². The Hall–Kier alpha value is -2.18. The molecule has 1 aliphatic rings. The second-order valence-corrected chi connectivity index (χ2v) is 6.06. The Bertz CT molecular complexity index is 663. The highest BCUT2D eigenvalue weighted by molar-refractivity contribution is 5.92. The quantitative estimate of drug-likeness (QED) is 0.843. The monoisotopic (exact) mass is 329 g/mol. The number of carbonyl (C=O) groups excluding carboxylic acids is 1. The number of aromatic nitrogens is 2. The molecule has 0 saturated carbocycles. The largest absolute Gasteiger partial charge is 0.381 e. The standard InChI is InChI=1S/C18H23N3O3/c1-21-17(18(22)19-10-15-7-8-23-12-15)9-16(20-21)13-24-11-14-5-3-2-4-6-14/h2-6,9,15H,7-8,10-13H2,1H3,(H,19,22). The molecule has 0 radical (unpaired) electrons. The average molecular weight is 329 g/mol. The lowest BCUT2D eigenvalue weighted by molar-refractivity contribution is 0.0935. The third kappa shape index (κ3) is 4.43. The molecule has 24 heavy (non-hydrogen) atoms. The second kappa shape index (κ2) is 8.08. The van der Waals surface area contributed by atoms with Gasteiger partial charge >= 0.3 is 0 Å². The molecule has 3 rings (SSSR count). The van der Waals surface area contributed by atoms with Gasteiger partial charge < -0.3 is 14.8 Å². The van der Waals surface area contributed by atoms with Gasteiger partial charge in [0.05, 0.1) is 25.5 Å². The first kappa shape index (κ1) is 16.7. The normalized spacial score (nSPS) is 17.1. The minimum Gasteiger partial charge on any atom is -0.381 e. The van der Waals surface area contributed by atoms with Crippen LogP contribution in [0.2, 0.25) is 0 Å². The number of amides is 1. The van der Waals surface area contributed by atoms with Crippen molar-refractivity contribution in [2.45, 2.75) is 19.6 Å². The highest BCUT2D eigenvalue weighted by atomic mass is 16.5. The Kier molecular flexibility index (Phi) is 5.61. The molecule has 0 aliphatic carbocycles. The third-order valence-electron chi connectivity index (χ3n) is 4.10. The summed E-state index contributed by atoms with van der Waals surface area (Å²) in [5, 5.41) is 7.31. The summed E-state index contributed by atoms with van der Waals surface area (Å²) in [4.78, 5) is 12.3. The first-order chi connectivity index (χ1) is 11.7. The van der Waals surface area contributed by atoms with Crippen LogP contribution < -0.4 is 5.32 Å². The van der Waals surface area contributed by atoms with Crippen LogP contribution in [-0.4, -0.2) is 35.4 Å². The number of rotatable bonds is 7. The van der Waals surface area contributed by atoms with Gasteiger partial charge in [0.25, 0.3) is 5.91 Å². The molecule has 1 unspecified atom stereocenters.